The highest BCUT2D eigenvalue weighted by molar-refractivity contribution is 5.76. The number of carbonyl (C=O) groups is 1. The molecule has 3 nitrogen and oxygen atoms in total. The molecule has 3 N–H and O–H groups in total. The van der Waals surface area contributed by atoms with Crippen LogP contribution >= 0.6 is 0 Å². The van der Waals surface area contributed by atoms with Gasteiger partial charge in [0.1, 0.15) is 11.6 Å². The molecule has 0 radical (unpaired) electrons. The van der Waals surface area contributed by atoms with Crippen LogP contribution in [-0.4, -0.2) is 18.0 Å². The molecule has 0 aliphatic rings. The van der Waals surface area contributed by atoms with Gasteiger partial charge in [-0.3, -0.25) is 4.79 Å². The summed E-state index contributed by atoms with van der Waals surface area (Å²) >= 11 is 0. The van der Waals surface area contributed by atoms with Gasteiger partial charge in [0.25, 0.3) is 0 Å². The number of hydrogen-bond donors (Lipinski definition) is 2. The van der Waals surface area contributed by atoms with E-state index in [4.69, 9.17) is 5.73 Å². The normalized spacial score (nSPS) is 13.9. The minimum atomic E-state index is -0.586. The maximum atomic E-state index is 13.4. The Morgan fingerprint density at radius 3 is 2.42 bits per heavy atom. The molecule has 0 saturated heterocycles. The van der Waals surface area contributed by atoms with Gasteiger partial charge in [-0.1, -0.05) is 6.07 Å². The third-order valence-corrected chi connectivity index (χ3v) is 2.81. The smallest absolute Gasteiger partial charge is 0.220 e. The molecule has 0 aliphatic heterocycles. The molecule has 19 heavy (non-hydrogen) atoms. The summed E-state index contributed by atoms with van der Waals surface area (Å²) in [6.07, 6.45) is 1.04. The maximum absolute atomic E-state index is 13.4. The van der Waals surface area contributed by atoms with Gasteiger partial charge in [0, 0.05) is 24.1 Å². The average molecular weight is 270 g/mol. The van der Waals surface area contributed by atoms with Crippen LogP contribution in [0.4, 0.5) is 8.78 Å². The lowest BCUT2D eigenvalue weighted by molar-refractivity contribution is -0.121. The average Bonchev–Trinajstić information content (AvgIpc) is 2.31. The molecular formula is C14H20F2N2O. The summed E-state index contributed by atoms with van der Waals surface area (Å²) in [5.74, 6) is -1.32. The molecule has 0 bridgehead atoms. The molecule has 106 valence electrons. The summed E-state index contributed by atoms with van der Waals surface area (Å²) in [5.41, 5.74) is 5.56. The van der Waals surface area contributed by atoms with Crippen LogP contribution in [0.5, 0.6) is 0 Å². The Labute approximate surface area is 112 Å². The molecular weight excluding hydrogens is 250 g/mol. The van der Waals surface area contributed by atoms with Crippen LogP contribution in [0, 0.1) is 11.6 Å². The Kier molecular flexibility index (Phi) is 5.89. The van der Waals surface area contributed by atoms with E-state index in [0.717, 1.165) is 0 Å². The minimum Gasteiger partial charge on any atom is -0.353 e. The molecule has 2 atom stereocenters. The van der Waals surface area contributed by atoms with Crippen LogP contribution in [0.15, 0.2) is 18.2 Å². The van der Waals surface area contributed by atoms with Gasteiger partial charge < -0.3 is 11.1 Å². The highest BCUT2D eigenvalue weighted by Gasteiger charge is 2.14. The molecule has 0 spiro atoms. The van der Waals surface area contributed by atoms with E-state index in [2.05, 4.69) is 5.32 Å². The number of nitrogens with one attached hydrogen (secondary N) is 1. The Morgan fingerprint density at radius 1 is 1.32 bits per heavy atom. The molecule has 1 amide bonds. The summed E-state index contributed by atoms with van der Waals surface area (Å²) in [4.78, 5) is 11.6. The Morgan fingerprint density at radius 2 is 1.89 bits per heavy atom. The number of benzene rings is 1. The highest BCUT2D eigenvalue weighted by Crippen LogP contribution is 2.14. The summed E-state index contributed by atoms with van der Waals surface area (Å²) in [5, 5.41) is 2.71. The number of rotatable bonds is 6. The van der Waals surface area contributed by atoms with E-state index < -0.39 is 11.6 Å². The van der Waals surface area contributed by atoms with Gasteiger partial charge >= 0.3 is 0 Å². The third kappa shape index (κ3) is 5.34. The van der Waals surface area contributed by atoms with Crippen molar-refractivity contribution < 1.29 is 13.6 Å². The Bertz CT molecular complexity index is 415. The monoisotopic (exact) mass is 270 g/mol. The van der Waals surface area contributed by atoms with Crippen molar-refractivity contribution >= 4 is 5.91 Å². The summed E-state index contributed by atoms with van der Waals surface area (Å²) in [6, 6.07) is 3.38. The van der Waals surface area contributed by atoms with Crippen molar-refractivity contribution in [3.8, 4) is 0 Å². The third-order valence-electron chi connectivity index (χ3n) is 2.81. The number of carbonyl (C=O) groups excluding carboxylic acids is 1. The largest absolute Gasteiger partial charge is 0.353 e. The van der Waals surface area contributed by atoms with Gasteiger partial charge in [-0.05, 0) is 38.8 Å². The zero-order valence-electron chi connectivity index (χ0n) is 11.2. The van der Waals surface area contributed by atoms with Gasteiger partial charge in [-0.2, -0.15) is 0 Å². The predicted molar refractivity (Wildman–Crippen MR) is 70.6 cm³/mol. The van der Waals surface area contributed by atoms with Crippen molar-refractivity contribution in [3.05, 3.63) is 35.4 Å². The van der Waals surface area contributed by atoms with Crippen LogP contribution in [0.2, 0.25) is 0 Å². The molecule has 0 saturated carbocycles. The fourth-order valence-electron chi connectivity index (χ4n) is 1.79. The number of nitrogens with two attached hydrogens (primary N) is 1. The lowest BCUT2D eigenvalue weighted by Crippen LogP contribution is -2.35. The zero-order chi connectivity index (χ0) is 14.4. The molecule has 0 heterocycles. The first-order valence-electron chi connectivity index (χ1n) is 6.38. The van der Waals surface area contributed by atoms with Crippen molar-refractivity contribution in [1.82, 2.24) is 5.32 Å². The second-order valence-electron chi connectivity index (χ2n) is 4.89. The van der Waals surface area contributed by atoms with E-state index in [9.17, 15) is 13.6 Å². The quantitative estimate of drug-likeness (QED) is 0.832. The fourth-order valence-corrected chi connectivity index (χ4v) is 1.79. The topological polar surface area (TPSA) is 55.1 Å². The van der Waals surface area contributed by atoms with Gasteiger partial charge in [-0.25, -0.2) is 8.78 Å². The lowest BCUT2D eigenvalue weighted by Gasteiger charge is -2.15. The number of amides is 1. The van der Waals surface area contributed by atoms with Gasteiger partial charge in [0.05, 0.1) is 0 Å². The lowest BCUT2D eigenvalue weighted by atomic mass is 10.1. The van der Waals surface area contributed by atoms with Gasteiger partial charge in [0.15, 0.2) is 0 Å². The SMILES string of the molecule is CC(N)CCC(=O)NC(C)Cc1c(F)cccc1F. The molecule has 0 fully saturated rings. The van der Waals surface area contributed by atoms with Crippen LogP contribution in [0.1, 0.15) is 32.3 Å². The zero-order valence-corrected chi connectivity index (χ0v) is 11.2. The molecule has 5 heteroatoms. The molecule has 0 aliphatic carbocycles. The van der Waals surface area contributed by atoms with E-state index in [1.165, 1.54) is 18.2 Å². The van der Waals surface area contributed by atoms with Gasteiger partial charge in [0.2, 0.25) is 5.91 Å². The molecule has 2 unspecified atom stereocenters. The molecule has 0 aromatic heterocycles. The minimum absolute atomic E-state index is 0.00231. The first-order chi connectivity index (χ1) is 8.90. The molecule has 1 rings (SSSR count). The van der Waals surface area contributed by atoms with Crippen LogP contribution in [-0.2, 0) is 11.2 Å². The first-order valence-corrected chi connectivity index (χ1v) is 6.38. The standard InChI is InChI=1S/C14H20F2N2O/c1-9(17)6-7-14(19)18-10(2)8-11-12(15)4-3-5-13(11)16/h3-5,9-10H,6-8,17H2,1-2H3,(H,18,19). The van der Waals surface area contributed by atoms with E-state index in [-0.39, 0.29) is 30.0 Å². The second kappa shape index (κ2) is 7.19. The van der Waals surface area contributed by atoms with E-state index in [1.807, 2.05) is 6.92 Å². The molecule has 1 aromatic carbocycles. The van der Waals surface area contributed by atoms with E-state index >= 15 is 0 Å². The summed E-state index contributed by atoms with van der Waals surface area (Å²) < 4.78 is 26.9. The van der Waals surface area contributed by atoms with Crippen molar-refractivity contribution in [3.63, 3.8) is 0 Å². The van der Waals surface area contributed by atoms with E-state index in [0.29, 0.717) is 12.8 Å². The van der Waals surface area contributed by atoms with Crippen molar-refractivity contribution in [2.75, 3.05) is 0 Å². The summed E-state index contributed by atoms with van der Waals surface area (Å²) in [6.45, 7) is 3.54. The van der Waals surface area contributed by atoms with Crippen molar-refractivity contribution in [2.24, 2.45) is 5.73 Å². The Hall–Kier alpha value is -1.49. The van der Waals surface area contributed by atoms with E-state index in [1.54, 1.807) is 6.92 Å². The van der Waals surface area contributed by atoms with Gasteiger partial charge in [-0.15, -0.1) is 0 Å². The van der Waals surface area contributed by atoms with Crippen LogP contribution < -0.4 is 11.1 Å². The summed E-state index contributed by atoms with van der Waals surface area (Å²) in [7, 11) is 0. The molecule has 1 aromatic rings. The van der Waals surface area contributed by atoms with Crippen LogP contribution in [0.25, 0.3) is 0 Å². The number of hydrogen-bond acceptors (Lipinski definition) is 2. The van der Waals surface area contributed by atoms with Crippen molar-refractivity contribution in [1.29, 1.82) is 0 Å². The fraction of sp³-hybridized carbons (Fsp3) is 0.500. The first kappa shape index (κ1) is 15.6. The number of halogens is 2. The van der Waals surface area contributed by atoms with Crippen molar-refractivity contribution in [2.45, 2.75) is 45.2 Å². The predicted octanol–water partition coefficient (Wildman–Crippen LogP) is 2.14. The Balaban J connectivity index is 2.51. The maximum Gasteiger partial charge on any atom is 0.220 e. The highest BCUT2D eigenvalue weighted by atomic mass is 19.1. The van der Waals surface area contributed by atoms with Crippen LogP contribution in [0.3, 0.4) is 0 Å². The second-order valence-corrected chi connectivity index (χ2v) is 4.89.